The van der Waals surface area contributed by atoms with Gasteiger partial charge in [-0.2, -0.15) is 5.26 Å². The van der Waals surface area contributed by atoms with Gasteiger partial charge in [0, 0.05) is 22.3 Å². The summed E-state index contributed by atoms with van der Waals surface area (Å²) in [5.41, 5.74) is 0.883. The van der Waals surface area contributed by atoms with Crippen LogP contribution in [-0.4, -0.2) is 9.96 Å². The number of benzene rings is 1. The van der Waals surface area contributed by atoms with E-state index in [-0.39, 0.29) is 5.41 Å². The molecule has 1 aromatic carbocycles. The Morgan fingerprint density at radius 2 is 1.89 bits per heavy atom. The molecule has 0 aliphatic heterocycles. The highest BCUT2D eigenvalue weighted by atomic mass is 32.2. The molecule has 0 aliphatic carbocycles. The van der Waals surface area contributed by atoms with Crippen molar-refractivity contribution in [2.24, 2.45) is 5.41 Å². The summed E-state index contributed by atoms with van der Waals surface area (Å²) >= 11 is 0. The van der Waals surface area contributed by atoms with Crippen LogP contribution in [0.4, 0.5) is 0 Å². The maximum atomic E-state index is 11.9. The Bertz CT molecular complexity index is 420. The number of nitrogens with zero attached hydrogens (tertiary/aromatic N) is 1. The number of rotatable bonds is 7. The largest absolute Gasteiger partial charge is 0.259 e. The van der Waals surface area contributed by atoms with Gasteiger partial charge in [0.05, 0.1) is 11.5 Å². The summed E-state index contributed by atoms with van der Waals surface area (Å²) in [6.07, 6.45) is 2.79. The van der Waals surface area contributed by atoms with Crippen LogP contribution in [0.5, 0.6) is 0 Å². The average molecular weight is 263 g/mol. The van der Waals surface area contributed by atoms with E-state index < -0.39 is 10.8 Å². The topological polar surface area (TPSA) is 40.9 Å². The van der Waals surface area contributed by atoms with Crippen LogP contribution in [0.15, 0.2) is 30.3 Å². The molecule has 18 heavy (non-hydrogen) atoms. The highest BCUT2D eigenvalue weighted by Gasteiger charge is 2.15. The van der Waals surface area contributed by atoms with Crippen LogP contribution in [0.25, 0.3) is 0 Å². The molecule has 0 spiro atoms. The summed E-state index contributed by atoms with van der Waals surface area (Å²) in [5.74, 6) is 1.37. The van der Waals surface area contributed by atoms with Crippen molar-refractivity contribution in [3.8, 4) is 6.07 Å². The van der Waals surface area contributed by atoms with Gasteiger partial charge in [-0.3, -0.25) is 4.21 Å². The van der Waals surface area contributed by atoms with Gasteiger partial charge < -0.3 is 0 Å². The van der Waals surface area contributed by atoms with Crippen molar-refractivity contribution in [1.29, 1.82) is 5.26 Å². The Labute approximate surface area is 112 Å². The first kappa shape index (κ1) is 14.9. The first-order chi connectivity index (χ1) is 8.53. The molecular formula is C15H21NOS. The minimum Gasteiger partial charge on any atom is -0.259 e. The standard InChI is InChI=1S/C15H21NOS/c1-15(2,13-16)10-6-7-11-18(17)12-14-8-4-3-5-9-14/h3-5,8-9H,6-7,10-12H2,1-2H3. The number of hydrogen-bond donors (Lipinski definition) is 0. The summed E-state index contributed by atoms with van der Waals surface area (Å²) in [5, 5.41) is 8.89. The molecule has 0 N–H and O–H groups in total. The maximum absolute atomic E-state index is 11.9. The van der Waals surface area contributed by atoms with Gasteiger partial charge in [0.2, 0.25) is 0 Å². The predicted octanol–water partition coefficient (Wildman–Crippen LogP) is 3.66. The van der Waals surface area contributed by atoms with Gasteiger partial charge in [0.15, 0.2) is 0 Å². The summed E-state index contributed by atoms with van der Waals surface area (Å²) < 4.78 is 11.9. The number of nitriles is 1. The SMILES string of the molecule is CC(C)(C#N)CCCCS(=O)Cc1ccccc1. The van der Waals surface area contributed by atoms with Gasteiger partial charge in [-0.15, -0.1) is 0 Å². The monoisotopic (exact) mass is 263 g/mol. The Morgan fingerprint density at radius 3 is 2.50 bits per heavy atom. The Hall–Kier alpha value is -1.14. The molecule has 1 atom stereocenters. The van der Waals surface area contributed by atoms with Crippen molar-refractivity contribution in [3.05, 3.63) is 35.9 Å². The molecule has 0 aromatic heterocycles. The second-order valence-electron chi connectivity index (χ2n) is 5.23. The van der Waals surface area contributed by atoms with Crippen LogP contribution in [0.3, 0.4) is 0 Å². The van der Waals surface area contributed by atoms with E-state index in [2.05, 4.69) is 6.07 Å². The molecule has 98 valence electrons. The van der Waals surface area contributed by atoms with E-state index in [9.17, 15) is 4.21 Å². The van der Waals surface area contributed by atoms with Gasteiger partial charge in [-0.25, -0.2) is 0 Å². The van der Waals surface area contributed by atoms with Crippen molar-refractivity contribution in [2.45, 2.75) is 38.9 Å². The molecule has 0 amide bonds. The van der Waals surface area contributed by atoms with E-state index in [0.29, 0.717) is 5.75 Å². The van der Waals surface area contributed by atoms with Gasteiger partial charge in [-0.1, -0.05) is 36.8 Å². The Morgan fingerprint density at radius 1 is 1.22 bits per heavy atom. The van der Waals surface area contributed by atoms with E-state index >= 15 is 0 Å². The summed E-state index contributed by atoms with van der Waals surface area (Å²) in [4.78, 5) is 0. The molecule has 0 radical (unpaired) electrons. The summed E-state index contributed by atoms with van der Waals surface area (Å²) in [6.45, 7) is 3.90. The van der Waals surface area contributed by atoms with Gasteiger partial charge in [-0.05, 0) is 32.3 Å². The quantitative estimate of drug-likeness (QED) is 0.704. The van der Waals surface area contributed by atoms with Crippen LogP contribution < -0.4 is 0 Å². The number of hydrogen-bond acceptors (Lipinski definition) is 2. The third-order valence-electron chi connectivity index (χ3n) is 2.90. The van der Waals surface area contributed by atoms with Crippen molar-refractivity contribution in [3.63, 3.8) is 0 Å². The van der Waals surface area contributed by atoms with E-state index in [1.165, 1.54) is 0 Å². The lowest BCUT2D eigenvalue weighted by molar-refractivity contribution is 0.432. The highest BCUT2D eigenvalue weighted by Crippen LogP contribution is 2.21. The van der Waals surface area contributed by atoms with Crippen LogP contribution in [0.2, 0.25) is 0 Å². The lowest BCUT2D eigenvalue weighted by Crippen LogP contribution is -2.08. The zero-order valence-corrected chi connectivity index (χ0v) is 12.0. The third kappa shape index (κ3) is 5.97. The minimum absolute atomic E-state index is 0.249. The first-order valence-corrected chi connectivity index (χ1v) is 7.82. The molecule has 0 aliphatic rings. The van der Waals surface area contributed by atoms with Crippen LogP contribution in [-0.2, 0) is 16.6 Å². The molecule has 0 saturated carbocycles. The molecule has 0 saturated heterocycles. The minimum atomic E-state index is -0.784. The fourth-order valence-electron chi connectivity index (χ4n) is 1.72. The summed E-state index contributed by atoms with van der Waals surface area (Å²) in [7, 11) is -0.784. The lowest BCUT2D eigenvalue weighted by Gasteiger charge is -2.14. The van der Waals surface area contributed by atoms with Gasteiger partial charge in [0.1, 0.15) is 0 Å². The molecule has 0 bridgehead atoms. The van der Waals surface area contributed by atoms with E-state index in [4.69, 9.17) is 5.26 Å². The van der Waals surface area contributed by atoms with Crippen molar-refractivity contribution in [2.75, 3.05) is 5.75 Å². The highest BCUT2D eigenvalue weighted by molar-refractivity contribution is 7.84. The van der Waals surface area contributed by atoms with E-state index in [1.807, 2.05) is 44.2 Å². The second-order valence-corrected chi connectivity index (χ2v) is 6.80. The molecule has 1 rings (SSSR count). The third-order valence-corrected chi connectivity index (χ3v) is 4.30. The molecule has 0 fully saturated rings. The molecule has 0 heterocycles. The molecule has 3 heteroatoms. The fraction of sp³-hybridized carbons (Fsp3) is 0.533. The molecule has 1 aromatic rings. The maximum Gasteiger partial charge on any atom is 0.0683 e. The van der Waals surface area contributed by atoms with Crippen LogP contribution >= 0.6 is 0 Å². The summed E-state index contributed by atoms with van der Waals surface area (Å²) in [6, 6.07) is 12.2. The van der Waals surface area contributed by atoms with Crippen LogP contribution in [0.1, 0.15) is 38.7 Å². The Balaban J connectivity index is 2.21. The van der Waals surface area contributed by atoms with Crippen molar-refractivity contribution in [1.82, 2.24) is 0 Å². The van der Waals surface area contributed by atoms with E-state index in [1.54, 1.807) is 0 Å². The van der Waals surface area contributed by atoms with Crippen molar-refractivity contribution >= 4 is 10.8 Å². The van der Waals surface area contributed by atoms with E-state index in [0.717, 1.165) is 30.6 Å². The lowest BCUT2D eigenvalue weighted by atomic mass is 9.89. The molecular weight excluding hydrogens is 242 g/mol. The number of unbranched alkanes of at least 4 members (excludes halogenated alkanes) is 1. The van der Waals surface area contributed by atoms with Gasteiger partial charge >= 0.3 is 0 Å². The molecule has 1 unspecified atom stereocenters. The zero-order chi connectivity index (χ0) is 13.4. The smallest absolute Gasteiger partial charge is 0.0683 e. The first-order valence-electron chi connectivity index (χ1n) is 6.34. The van der Waals surface area contributed by atoms with Gasteiger partial charge in [0.25, 0.3) is 0 Å². The van der Waals surface area contributed by atoms with Crippen molar-refractivity contribution < 1.29 is 4.21 Å². The van der Waals surface area contributed by atoms with Crippen LogP contribution in [0, 0.1) is 16.7 Å². The average Bonchev–Trinajstić information content (AvgIpc) is 2.36. The fourth-order valence-corrected chi connectivity index (χ4v) is 2.95. The zero-order valence-electron chi connectivity index (χ0n) is 11.2. The Kier molecular flexibility index (Phi) is 6.07. The predicted molar refractivity (Wildman–Crippen MR) is 76.4 cm³/mol. The normalized spacial score (nSPS) is 12.9. The molecule has 2 nitrogen and oxygen atoms in total. The second kappa shape index (κ2) is 7.33.